The Morgan fingerprint density at radius 3 is 2.45 bits per heavy atom. The van der Waals surface area contributed by atoms with Crippen LogP contribution in [-0.4, -0.2) is 48.1 Å². The summed E-state index contributed by atoms with van der Waals surface area (Å²) in [7, 11) is 2.14. The van der Waals surface area contributed by atoms with Gasteiger partial charge in [0.1, 0.15) is 6.61 Å². The van der Waals surface area contributed by atoms with Crippen LogP contribution in [0, 0.1) is 0 Å². The molecule has 6 nitrogen and oxygen atoms in total. The highest BCUT2D eigenvalue weighted by Gasteiger charge is 2.19. The number of likely N-dealkylation sites (N-methyl/N-ethyl adjacent to an activating group) is 1. The molecular formula is C22H25N5OS. The molecule has 0 unspecified atom stereocenters. The number of benzene rings is 2. The zero-order valence-corrected chi connectivity index (χ0v) is 17.3. The van der Waals surface area contributed by atoms with Gasteiger partial charge in [-0.25, -0.2) is 4.98 Å². The quantitative estimate of drug-likeness (QED) is 0.627. The molecule has 2 heterocycles. The number of rotatable bonds is 6. The average Bonchev–Trinajstić information content (AvgIpc) is 2.76. The van der Waals surface area contributed by atoms with Crippen molar-refractivity contribution in [1.82, 2.24) is 14.9 Å². The molecule has 29 heavy (non-hydrogen) atoms. The number of anilines is 2. The molecule has 1 saturated heterocycles. The molecule has 4 rings (SSSR count). The average molecular weight is 408 g/mol. The monoisotopic (exact) mass is 407 g/mol. The number of hydrogen-bond donors (Lipinski definition) is 1. The van der Waals surface area contributed by atoms with Gasteiger partial charge in [0.25, 0.3) is 0 Å². The number of nitrogens with zero attached hydrogens (tertiary/aromatic N) is 4. The van der Waals surface area contributed by atoms with Crippen LogP contribution in [0.15, 0.2) is 70.6 Å². The summed E-state index contributed by atoms with van der Waals surface area (Å²) in [6.45, 7) is 4.31. The van der Waals surface area contributed by atoms with Crippen molar-refractivity contribution in [2.45, 2.75) is 16.4 Å². The van der Waals surface area contributed by atoms with E-state index in [1.807, 2.05) is 48.7 Å². The van der Waals surface area contributed by atoms with E-state index in [9.17, 15) is 0 Å². The third-order valence-corrected chi connectivity index (χ3v) is 5.83. The van der Waals surface area contributed by atoms with Crippen molar-refractivity contribution in [2.75, 3.05) is 43.9 Å². The lowest BCUT2D eigenvalue weighted by atomic mass is 10.2. The molecule has 2 aromatic carbocycles. The van der Waals surface area contributed by atoms with Crippen molar-refractivity contribution >= 4 is 23.4 Å². The molecule has 1 aliphatic heterocycles. The van der Waals surface area contributed by atoms with Gasteiger partial charge in [-0.1, -0.05) is 42.1 Å². The third-order valence-electron chi connectivity index (χ3n) is 4.82. The van der Waals surface area contributed by atoms with Crippen LogP contribution < -0.4 is 15.4 Å². The second kappa shape index (κ2) is 9.15. The van der Waals surface area contributed by atoms with E-state index < -0.39 is 0 Å². The maximum atomic E-state index is 6.14. The molecule has 1 aromatic heterocycles. The predicted molar refractivity (Wildman–Crippen MR) is 117 cm³/mol. The van der Waals surface area contributed by atoms with E-state index in [4.69, 9.17) is 15.5 Å². The standard InChI is InChI=1S/C22H25N5OS/c1-26-11-13-27(14-12-26)22-24-15-20(29-19-9-7-18(23)8-10-19)21(25-22)28-16-17-5-3-2-4-6-17/h2-10,15H,11-14,16,23H2,1H3. The summed E-state index contributed by atoms with van der Waals surface area (Å²) in [5.74, 6) is 1.34. The third kappa shape index (κ3) is 5.19. The number of hydrogen-bond acceptors (Lipinski definition) is 7. The minimum absolute atomic E-state index is 0.468. The van der Waals surface area contributed by atoms with Gasteiger partial charge < -0.3 is 20.3 Å². The van der Waals surface area contributed by atoms with Gasteiger partial charge in [0.05, 0.1) is 11.1 Å². The van der Waals surface area contributed by atoms with E-state index in [0.717, 1.165) is 53.2 Å². The number of nitrogen functional groups attached to an aromatic ring is 1. The van der Waals surface area contributed by atoms with Crippen LogP contribution in [-0.2, 0) is 6.61 Å². The molecule has 7 heteroatoms. The van der Waals surface area contributed by atoms with E-state index in [-0.39, 0.29) is 0 Å². The lowest BCUT2D eigenvalue weighted by Gasteiger charge is -2.32. The molecule has 1 aliphatic rings. The van der Waals surface area contributed by atoms with Crippen LogP contribution in [0.1, 0.15) is 5.56 Å². The molecular weight excluding hydrogens is 382 g/mol. The first-order chi connectivity index (χ1) is 14.2. The Labute approximate surface area is 175 Å². The van der Waals surface area contributed by atoms with Crippen molar-refractivity contribution in [3.63, 3.8) is 0 Å². The van der Waals surface area contributed by atoms with Crippen molar-refractivity contribution in [1.29, 1.82) is 0 Å². The second-order valence-electron chi connectivity index (χ2n) is 7.08. The van der Waals surface area contributed by atoms with Crippen LogP contribution >= 0.6 is 11.8 Å². The summed E-state index contributed by atoms with van der Waals surface area (Å²) < 4.78 is 6.14. The first-order valence-corrected chi connectivity index (χ1v) is 10.5. The summed E-state index contributed by atoms with van der Waals surface area (Å²) in [5.41, 5.74) is 7.66. The molecule has 0 spiro atoms. The Balaban J connectivity index is 1.57. The Morgan fingerprint density at radius 1 is 1.00 bits per heavy atom. The number of aromatic nitrogens is 2. The highest BCUT2D eigenvalue weighted by Crippen LogP contribution is 2.35. The van der Waals surface area contributed by atoms with Crippen molar-refractivity contribution in [3.8, 4) is 5.88 Å². The SMILES string of the molecule is CN1CCN(c2ncc(Sc3ccc(N)cc3)c(OCc3ccccc3)n2)CC1. The fraction of sp³-hybridized carbons (Fsp3) is 0.273. The van der Waals surface area contributed by atoms with Crippen LogP contribution in [0.3, 0.4) is 0 Å². The van der Waals surface area contributed by atoms with Gasteiger partial charge in [0, 0.05) is 36.8 Å². The topological polar surface area (TPSA) is 67.5 Å². The van der Waals surface area contributed by atoms with E-state index in [1.165, 1.54) is 0 Å². The first kappa shape index (κ1) is 19.5. The Morgan fingerprint density at radius 2 is 1.72 bits per heavy atom. The summed E-state index contributed by atoms with van der Waals surface area (Å²) >= 11 is 1.58. The molecule has 0 atom stereocenters. The number of nitrogens with two attached hydrogens (primary N) is 1. The zero-order chi connectivity index (χ0) is 20.1. The molecule has 150 valence electrons. The van der Waals surface area contributed by atoms with Gasteiger partial charge in [-0.05, 0) is 36.9 Å². The highest BCUT2D eigenvalue weighted by atomic mass is 32.2. The molecule has 1 fully saturated rings. The molecule has 0 bridgehead atoms. The van der Waals surface area contributed by atoms with E-state index in [0.29, 0.717) is 12.5 Å². The summed E-state index contributed by atoms with van der Waals surface area (Å²) in [4.78, 5) is 15.9. The highest BCUT2D eigenvalue weighted by molar-refractivity contribution is 7.99. The van der Waals surface area contributed by atoms with Crippen molar-refractivity contribution < 1.29 is 4.74 Å². The van der Waals surface area contributed by atoms with Crippen molar-refractivity contribution in [3.05, 3.63) is 66.4 Å². The van der Waals surface area contributed by atoms with E-state index in [1.54, 1.807) is 11.8 Å². The van der Waals surface area contributed by atoms with Gasteiger partial charge in [-0.3, -0.25) is 0 Å². The molecule has 3 aromatic rings. The fourth-order valence-corrected chi connectivity index (χ4v) is 3.89. The normalized spacial score (nSPS) is 14.7. The number of ether oxygens (including phenoxy) is 1. The molecule has 0 saturated carbocycles. The maximum Gasteiger partial charge on any atom is 0.232 e. The Hall–Kier alpha value is -2.77. The molecule has 0 radical (unpaired) electrons. The lowest BCUT2D eigenvalue weighted by molar-refractivity contribution is 0.283. The number of piperazine rings is 1. The van der Waals surface area contributed by atoms with Gasteiger partial charge in [0.15, 0.2) is 0 Å². The van der Waals surface area contributed by atoms with Crippen molar-refractivity contribution in [2.24, 2.45) is 0 Å². The van der Waals surface area contributed by atoms with Crippen LogP contribution in [0.4, 0.5) is 11.6 Å². The summed E-state index contributed by atoms with van der Waals surface area (Å²) in [6, 6.07) is 17.9. The van der Waals surface area contributed by atoms with E-state index >= 15 is 0 Å². The predicted octanol–water partition coefficient (Wildman–Crippen LogP) is 3.54. The largest absolute Gasteiger partial charge is 0.472 e. The zero-order valence-electron chi connectivity index (χ0n) is 16.5. The van der Waals surface area contributed by atoms with Crippen LogP contribution in [0.5, 0.6) is 5.88 Å². The van der Waals surface area contributed by atoms with Gasteiger partial charge >= 0.3 is 0 Å². The van der Waals surface area contributed by atoms with Crippen LogP contribution in [0.25, 0.3) is 0 Å². The Bertz CT molecular complexity index is 928. The maximum absolute atomic E-state index is 6.14. The minimum atomic E-state index is 0.468. The van der Waals surface area contributed by atoms with Crippen LogP contribution in [0.2, 0.25) is 0 Å². The lowest BCUT2D eigenvalue weighted by Crippen LogP contribution is -2.45. The van der Waals surface area contributed by atoms with Gasteiger partial charge in [-0.15, -0.1) is 0 Å². The molecule has 0 aliphatic carbocycles. The van der Waals surface area contributed by atoms with E-state index in [2.05, 4.69) is 34.0 Å². The smallest absolute Gasteiger partial charge is 0.232 e. The van der Waals surface area contributed by atoms with Gasteiger partial charge in [0.2, 0.25) is 11.8 Å². The minimum Gasteiger partial charge on any atom is -0.472 e. The first-order valence-electron chi connectivity index (χ1n) is 9.68. The molecule has 0 amide bonds. The van der Waals surface area contributed by atoms with Gasteiger partial charge in [-0.2, -0.15) is 4.98 Å². The Kier molecular flexibility index (Phi) is 6.17. The summed E-state index contributed by atoms with van der Waals surface area (Å²) in [5, 5.41) is 0. The fourth-order valence-electron chi connectivity index (χ4n) is 3.07. The summed E-state index contributed by atoms with van der Waals surface area (Å²) in [6.07, 6.45) is 1.86. The molecule has 2 N–H and O–H groups in total. The second-order valence-corrected chi connectivity index (χ2v) is 8.19.